The van der Waals surface area contributed by atoms with E-state index in [-0.39, 0.29) is 17.9 Å². The van der Waals surface area contributed by atoms with Crippen LogP contribution in [0, 0.1) is 0 Å². The van der Waals surface area contributed by atoms with E-state index in [1.807, 2.05) is 24.0 Å². The van der Waals surface area contributed by atoms with Crippen molar-refractivity contribution in [2.24, 2.45) is 0 Å². The van der Waals surface area contributed by atoms with E-state index in [0.717, 1.165) is 25.2 Å². The van der Waals surface area contributed by atoms with Gasteiger partial charge in [-0.3, -0.25) is 9.78 Å². The number of hydrogen-bond donors (Lipinski definition) is 1. The Morgan fingerprint density at radius 1 is 1.65 bits per heavy atom. The highest BCUT2D eigenvalue weighted by atomic mass is 16.2. The monoisotopic (exact) mass is 233 g/mol. The van der Waals surface area contributed by atoms with Crippen LogP contribution in [0.15, 0.2) is 24.5 Å². The van der Waals surface area contributed by atoms with Gasteiger partial charge in [0.05, 0.1) is 5.92 Å². The third kappa shape index (κ3) is 2.64. The molecule has 1 saturated heterocycles. The second-order valence-electron chi connectivity index (χ2n) is 4.59. The molecule has 2 rings (SSSR count). The molecule has 0 radical (unpaired) electrons. The van der Waals surface area contributed by atoms with E-state index in [4.69, 9.17) is 0 Å². The summed E-state index contributed by atoms with van der Waals surface area (Å²) in [6.07, 6.45) is 3.50. The molecule has 0 aromatic carbocycles. The van der Waals surface area contributed by atoms with Crippen molar-refractivity contribution in [3.63, 3.8) is 0 Å². The molecular weight excluding hydrogens is 214 g/mol. The topological polar surface area (TPSA) is 45.2 Å². The molecular formula is C13H19N3O. The van der Waals surface area contributed by atoms with E-state index in [0.29, 0.717) is 0 Å². The summed E-state index contributed by atoms with van der Waals surface area (Å²) in [6, 6.07) is 4.11. The number of hydrogen-bond acceptors (Lipinski definition) is 3. The minimum atomic E-state index is -0.107. The highest BCUT2D eigenvalue weighted by Crippen LogP contribution is 2.18. The molecule has 1 aromatic heterocycles. The van der Waals surface area contributed by atoms with Crippen LogP contribution in [0.3, 0.4) is 0 Å². The van der Waals surface area contributed by atoms with Gasteiger partial charge in [0.25, 0.3) is 0 Å². The molecule has 1 N–H and O–H groups in total. The lowest BCUT2D eigenvalue weighted by Gasteiger charge is -2.35. The molecule has 0 spiro atoms. The van der Waals surface area contributed by atoms with Gasteiger partial charge in [0, 0.05) is 38.1 Å². The molecule has 1 amide bonds. The van der Waals surface area contributed by atoms with Crippen LogP contribution in [-0.2, 0) is 4.79 Å². The molecule has 0 bridgehead atoms. The van der Waals surface area contributed by atoms with Gasteiger partial charge in [-0.15, -0.1) is 0 Å². The maximum atomic E-state index is 12.4. The molecule has 1 aromatic rings. The van der Waals surface area contributed by atoms with Gasteiger partial charge in [0.2, 0.25) is 5.91 Å². The number of amides is 1. The van der Waals surface area contributed by atoms with Crippen LogP contribution in [0.4, 0.5) is 0 Å². The first-order chi connectivity index (χ1) is 8.20. The summed E-state index contributed by atoms with van der Waals surface area (Å²) < 4.78 is 0. The predicted molar refractivity (Wildman–Crippen MR) is 66.7 cm³/mol. The number of pyridine rings is 1. The standard InChI is InChI=1S/C13H19N3O/c1-10-8-15-6-7-16(10)13(17)11(2)12-4-3-5-14-9-12/h3-5,9-11,15H,6-8H2,1-2H3/t10-,11?/m0/s1. The van der Waals surface area contributed by atoms with Gasteiger partial charge < -0.3 is 10.2 Å². The lowest BCUT2D eigenvalue weighted by molar-refractivity contribution is -0.135. The highest BCUT2D eigenvalue weighted by molar-refractivity contribution is 5.83. The van der Waals surface area contributed by atoms with E-state index in [1.54, 1.807) is 12.4 Å². The minimum Gasteiger partial charge on any atom is -0.337 e. The molecule has 1 unspecified atom stereocenters. The van der Waals surface area contributed by atoms with Crippen LogP contribution in [0.2, 0.25) is 0 Å². The van der Waals surface area contributed by atoms with E-state index >= 15 is 0 Å². The first-order valence-electron chi connectivity index (χ1n) is 6.11. The largest absolute Gasteiger partial charge is 0.337 e. The summed E-state index contributed by atoms with van der Waals surface area (Å²) >= 11 is 0. The number of aromatic nitrogens is 1. The number of piperazine rings is 1. The van der Waals surface area contributed by atoms with Crippen LogP contribution >= 0.6 is 0 Å². The maximum Gasteiger partial charge on any atom is 0.230 e. The third-order valence-electron chi connectivity index (χ3n) is 3.34. The van der Waals surface area contributed by atoms with E-state index in [2.05, 4.69) is 17.2 Å². The second kappa shape index (κ2) is 5.27. The molecule has 1 aliphatic heterocycles. The van der Waals surface area contributed by atoms with Crippen molar-refractivity contribution in [1.29, 1.82) is 0 Å². The fourth-order valence-electron chi connectivity index (χ4n) is 2.19. The SMILES string of the molecule is CC(C(=O)N1CCNC[C@@H]1C)c1cccnc1. The molecule has 92 valence electrons. The average molecular weight is 233 g/mol. The van der Waals surface area contributed by atoms with Crippen molar-refractivity contribution >= 4 is 5.91 Å². The maximum absolute atomic E-state index is 12.4. The van der Waals surface area contributed by atoms with E-state index in [9.17, 15) is 4.79 Å². The average Bonchev–Trinajstić information content (AvgIpc) is 2.39. The zero-order valence-electron chi connectivity index (χ0n) is 10.4. The summed E-state index contributed by atoms with van der Waals surface area (Å²) in [6.45, 7) is 6.60. The van der Waals surface area contributed by atoms with Gasteiger partial charge in [-0.2, -0.15) is 0 Å². The zero-order chi connectivity index (χ0) is 12.3. The predicted octanol–water partition coefficient (Wildman–Crippen LogP) is 1.01. The van der Waals surface area contributed by atoms with Crippen molar-refractivity contribution < 1.29 is 4.79 Å². The van der Waals surface area contributed by atoms with Crippen LogP contribution in [0.5, 0.6) is 0 Å². The van der Waals surface area contributed by atoms with Gasteiger partial charge in [-0.1, -0.05) is 6.07 Å². The van der Waals surface area contributed by atoms with Crippen LogP contribution < -0.4 is 5.32 Å². The fourth-order valence-corrected chi connectivity index (χ4v) is 2.19. The molecule has 0 saturated carbocycles. The Labute approximate surface area is 102 Å². The number of nitrogens with zero attached hydrogens (tertiary/aromatic N) is 2. The summed E-state index contributed by atoms with van der Waals surface area (Å²) in [7, 11) is 0. The summed E-state index contributed by atoms with van der Waals surface area (Å²) in [4.78, 5) is 18.4. The number of rotatable bonds is 2. The number of nitrogens with one attached hydrogen (secondary N) is 1. The van der Waals surface area contributed by atoms with Crippen molar-refractivity contribution in [1.82, 2.24) is 15.2 Å². The summed E-state index contributed by atoms with van der Waals surface area (Å²) in [5.41, 5.74) is 0.989. The van der Waals surface area contributed by atoms with Crippen LogP contribution in [0.25, 0.3) is 0 Å². The first kappa shape index (κ1) is 12.0. The normalized spacial score (nSPS) is 22.2. The van der Waals surface area contributed by atoms with Gasteiger partial charge in [-0.05, 0) is 25.5 Å². The minimum absolute atomic E-state index is 0.107. The Kier molecular flexibility index (Phi) is 3.74. The lowest BCUT2D eigenvalue weighted by atomic mass is 10.0. The Morgan fingerprint density at radius 3 is 3.12 bits per heavy atom. The van der Waals surface area contributed by atoms with Gasteiger partial charge >= 0.3 is 0 Å². The van der Waals surface area contributed by atoms with Crippen LogP contribution in [0.1, 0.15) is 25.3 Å². The van der Waals surface area contributed by atoms with Gasteiger partial charge in [-0.25, -0.2) is 0 Å². The molecule has 1 aliphatic rings. The van der Waals surface area contributed by atoms with Crippen LogP contribution in [-0.4, -0.2) is 41.5 Å². The molecule has 17 heavy (non-hydrogen) atoms. The van der Waals surface area contributed by atoms with E-state index < -0.39 is 0 Å². The quantitative estimate of drug-likeness (QED) is 0.829. The molecule has 2 heterocycles. The summed E-state index contributed by atoms with van der Waals surface area (Å²) in [5.74, 6) is 0.0938. The fraction of sp³-hybridized carbons (Fsp3) is 0.538. The third-order valence-corrected chi connectivity index (χ3v) is 3.34. The second-order valence-corrected chi connectivity index (χ2v) is 4.59. The van der Waals surface area contributed by atoms with Crippen molar-refractivity contribution in [2.45, 2.75) is 25.8 Å². The molecule has 0 aliphatic carbocycles. The molecule has 2 atom stereocenters. The Balaban J connectivity index is 2.09. The van der Waals surface area contributed by atoms with Crippen molar-refractivity contribution in [2.75, 3.05) is 19.6 Å². The van der Waals surface area contributed by atoms with Crippen molar-refractivity contribution in [3.8, 4) is 0 Å². The number of carbonyl (C=O) groups is 1. The van der Waals surface area contributed by atoms with E-state index in [1.165, 1.54) is 0 Å². The Hall–Kier alpha value is -1.42. The smallest absolute Gasteiger partial charge is 0.230 e. The zero-order valence-corrected chi connectivity index (χ0v) is 10.4. The molecule has 1 fully saturated rings. The van der Waals surface area contributed by atoms with Crippen molar-refractivity contribution in [3.05, 3.63) is 30.1 Å². The molecule has 4 nitrogen and oxygen atoms in total. The Bertz CT molecular complexity index is 380. The molecule has 4 heteroatoms. The Morgan fingerprint density at radius 2 is 2.47 bits per heavy atom. The highest BCUT2D eigenvalue weighted by Gasteiger charge is 2.27. The number of carbonyl (C=O) groups excluding carboxylic acids is 1. The lowest BCUT2D eigenvalue weighted by Crippen LogP contribution is -2.53. The first-order valence-corrected chi connectivity index (χ1v) is 6.11. The van der Waals surface area contributed by atoms with Gasteiger partial charge in [0.15, 0.2) is 0 Å². The van der Waals surface area contributed by atoms with Gasteiger partial charge in [0.1, 0.15) is 0 Å². The summed E-state index contributed by atoms with van der Waals surface area (Å²) in [5, 5.41) is 3.29.